The van der Waals surface area contributed by atoms with E-state index in [1.807, 2.05) is 12.4 Å². The molecule has 1 aliphatic heterocycles. The summed E-state index contributed by atoms with van der Waals surface area (Å²) in [6.45, 7) is 6.30. The van der Waals surface area contributed by atoms with Crippen molar-refractivity contribution in [3.05, 3.63) is 54.1 Å². The lowest BCUT2D eigenvalue weighted by molar-refractivity contribution is -0.121. The normalized spacial score (nSPS) is 15.2. The summed E-state index contributed by atoms with van der Waals surface area (Å²) < 4.78 is 2.21. The van der Waals surface area contributed by atoms with Crippen molar-refractivity contribution in [3.8, 4) is 0 Å². The number of carbonyl (C=O) groups is 1. The number of imidazole rings is 1. The molecule has 1 aromatic heterocycles. The zero-order chi connectivity index (χ0) is 21.9. The van der Waals surface area contributed by atoms with Crippen molar-refractivity contribution in [2.75, 3.05) is 26.7 Å². The summed E-state index contributed by atoms with van der Waals surface area (Å²) in [5.41, 5.74) is 1.37. The minimum atomic E-state index is 0.137. The molecule has 1 amide bonds. The van der Waals surface area contributed by atoms with Gasteiger partial charge in [-0.05, 0) is 44.1 Å². The Kier molecular flexibility index (Phi) is 8.94. The van der Waals surface area contributed by atoms with Gasteiger partial charge in [0.05, 0.1) is 0 Å². The lowest BCUT2D eigenvalue weighted by Gasteiger charge is -2.34. The number of aliphatic imine (C=N–C) groups is 1. The molecule has 0 unspecified atom stereocenters. The average Bonchev–Trinajstić information content (AvgIpc) is 3.25. The minimum Gasteiger partial charge on any atom is -0.359 e. The Hall–Kier alpha value is -2.83. The van der Waals surface area contributed by atoms with Crippen LogP contribution in [0.4, 0.5) is 0 Å². The van der Waals surface area contributed by atoms with E-state index in [9.17, 15) is 4.79 Å². The van der Waals surface area contributed by atoms with Gasteiger partial charge in [0.15, 0.2) is 5.96 Å². The Balaban J connectivity index is 1.53. The Bertz CT molecular complexity index is 824. The van der Waals surface area contributed by atoms with Crippen LogP contribution >= 0.6 is 0 Å². The number of piperidine rings is 1. The van der Waals surface area contributed by atoms with Gasteiger partial charge in [-0.15, -0.1) is 0 Å². The van der Waals surface area contributed by atoms with E-state index in [-0.39, 0.29) is 5.91 Å². The number of rotatable bonds is 9. The molecule has 0 aliphatic carbocycles. The van der Waals surface area contributed by atoms with Crippen molar-refractivity contribution in [3.63, 3.8) is 0 Å². The van der Waals surface area contributed by atoms with Crippen molar-refractivity contribution in [2.45, 2.75) is 52.1 Å². The molecule has 0 saturated carbocycles. The van der Waals surface area contributed by atoms with Gasteiger partial charge in [-0.25, -0.2) is 9.98 Å². The van der Waals surface area contributed by atoms with Crippen molar-refractivity contribution in [2.24, 2.45) is 10.9 Å². The Labute approximate surface area is 186 Å². The fourth-order valence-electron chi connectivity index (χ4n) is 4.08. The van der Waals surface area contributed by atoms with Gasteiger partial charge in [-0.1, -0.05) is 30.3 Å². The molecular weight excluding hydrogens is 388 g/mol. The molecule has 1 aliphatic rings. The van der Waals surface area contributed by atoms with Crippen molar-refractivity contribution in [1.82, 2.24) is 25.1 Å². The van der Waals surface area contributed by atoms with Crippen LogP contribution in [0, 0.1) is 5.92 Å². The molecule has 1 aromatic carbocycles. The van der Waals surface area contributed by atoms with Crippen LogP contribution in [0.15, 0.2) is 47.7 Å². The van der Waals surface area contributed by atoms with Crippen molar-refractivity contribution >= 4 is 11.9 Å². The van der Waals surface area contributed by atoms with Crippen molar-refractivity contribution in [1.29, 1.82) is 0 Å². The van der Waals surface area contributed by atoms with Crippen LogP contribution in [0.25, 0.3) is 0 Å². The molecule has 7 nitrogen and oxygen atoms in total. The summed E-state index contributed by atoms with van der Waals surface area (Å²) >= 11 is 0. The first kappa shape index (κ1) is 22.8. The molecule has 7 heteroatoms. The molecular formula is C24H36N6O. The number of carbonyl (C=O) groups excluding carboxylic acids is 1. The average molecular weight is 425 g/mol. The molecule has 168 valence electrons. The highest BCUT2D eigenvalue weighted by molar-refractivity contribution is 5.80. The summed E-state index contributed by atoms with van der Waals surface area (Å²) in [5, 5.41) is 6.16. The zero-order valence-electron chi connectivity index (χ0n) is 18.9. The van der Waals surface area contributed by atoms with Gasteiger partial charge in [0.2, 0.25) is 5.91 Å². The van der Waals surface area contributed by atoms with Crippen LogP contribution in [0.3, 0.4) is 0 Å². The number of likely N-dealkylation sites (tertiary alicyclic amines) is 1. The van der Waals surface area contributed by atoms with Crippen LogP contribution in [0.2, 0.25) is 0 Å². The highest BCUT2D eigenvalue weighted by Gasteiger charge is 2.23. The summed E-state index contributed by atoms with van der Waals surface area (Å²) in [4.78, 5) is 23.4. The first-order valence-corrected chi connectivity index (χ1v) is 11.5. The second-order valence-electron chi connectivity index (χ2n) is 8.10. The highest BCUT2D eigenvalue weighted by atomic mass is 16.1. The van der Waals surface area contributed by atoms with Gasteiger partial charge in [-0.3, -0.25) is 4.79 Å². The van der Waals surface area contributed by atoms with Gasteiger partial charge >= 0.3 is 0 Å². The Morgan fingerprint density at radius 2 is 2.00 bits per heavy atom. The standard InChI is InChI=1S/C24H36N6O/c1-3-26-24(30-15-11-21(12-16-30)18-23(31)25-2)28-19-22-27-13-17-29(22)14-7-10-20-8-5-4-6-9-20/h4-6,8-9,13,17,21H,3,7,10-12,14-16,18-19H2,1-2H3,(H,25,31)(H,26,28). The van der Waals surface area contributed by atoms with Gasteiger partial charge in [-0.2, -0.15) is 0 Å². The molecule has 1 saturated heterocycles. The number of hydrogen-bond donors (Lipinski definition) is 2. The van der Waals surface area contributed by atoms with Gasteiger partial charge in [0.1, 0.15) is 12.4 Å². The van der Waals surface area contributed by atoms with E-state index in [1.54, 1.807) is 7.05 Å². The highest BCUT2D eigenvalue weighted by Crippen LogP contribution is 2.20. The topological polar surface area (TPSA) is 74.5 Å². The third-order valence-electron chi connectivity index (χ3n) is 5.88. The number of nitrogens with zero attached hydrogens (tertiary/aromatic N) is 4. The number of aryl methyl sites for hydroxylation is 2. The number of amides is 1. The predicted octanol–water partition coefficient (Wildman–Crippen LogP) is 2.83. The quantitative estimate of drug-likeness (QED) is 0.480. The summed E-state index contributed by atoms with van der Waals surface area (Å²) in [7, 11) is 1.71. The smallest absolute Gasteiger partial charge is 0.220 e. The van der Waals surface area contributed by atoms with Crippen LogP contribution in [0.1, 0.15) is 44.0 Å². The lowest BCUT2D eigenvalue weighted by Crippen LogP contribution is -2.46. The SMILES string of the molecule is CCNC(=NCc1nccn1CCCc1ccccc1)N1CCC(CC(=O)NC)CC1. The number of nitrogens with one attached hydrogen (secondary N) is 2. The van der Waals surface area contributed by atoms with E-state index in [1.165, 1.54) is 5.56 Å². The summed E-state index contributed by atoms with van der Waals surface area (Å²) in [5.74, 6) is 2.54. The van der Waals surface area contributed by atoms with Crippen LogP contribution in [-0.4, -0.2) is 53.0 Å². The van der Waals surface area contributed by atoms with Gasteiger partial charge in [0, 0.05) is 52.0 Å². The van der Waals surface area contributed by atoms with Crippen LogP contribution in [-0.2, 0) is 24.3 Å². The zero-order valence-corrected chi connectivity index (χ0v) is 18.9. The second-order valence-corrected chi connectivity index (χ2v) is 8.10. The largest absolute Gasteiger partial charge is 0.359 e. The van der Waals surface area contributed by atoms with E-state index in [0.29, 0.717) is 18.9 Å². The van der Waals surface area contributed by atoms with E-state index >= 15 is 0 Å². The maximum Gasteiger partial charge on any atom is 0.220 e. The third-order valence-corrected chi connectivity index (χ3v) is 5.88. The molecule has 2 heterocycles. The van der Waals surface area contributed by atoms with Crippen LogP contribution < -0.4 is 10.6 Å². The van der Waals surface area contributed by atoms with E-state index in [0.717, 1.165) is 63.6 Å². The van der Waals surface area contributed by atoms with Crippen LogP contribution in [0.5, 0.6) is 0 Å². The number of hydrogen-bond acceptors (Lipinski definition) is 3. The summed E-state index contributed by atoms with van der Waals surface area (Å²) in [6.07, 6.45) is 8.72. The molecule has 3 rings (SSSR count). The molecule has 1 fully saturated rings. The van der Waals surface area contributed by atoms with E-state index < -0.39 is 0 Å². The molecule has 0 spiro atoms. The predicted molar refractivity (Wildman–Crippen MR) is 125 cm³/mol. The first-order valence-electron chi connectivity index (χ1n) is 11.5. The van der Waals surface area contributed by atoms with Gasteiger partial charge in [0.25, 0.3) is 0 Å². The minimum absolute atomic E-state index is 0.137. The number of guanidine groups is 1. The first-order chi connectivity index (χ1) is 15.2. The molecule has 0 atom stereocenters. The third kappa shape index (κ3) is 7.12. The lowest BCUT2D eigenvalue weighted by atomic mass is 9.93. The maximum atomic E-state index is 11.6. The Morgan fingerprint density at radius 1 is 1.23 bits per heavy atom. The monoisotopic (exact) mass is 424 g/mol. The fraction of sp³-hybridized carbons (Fsp3) is 0.542. The van der Waals surface area contributed by atoms with E-state index in [2.05, 4.69) is 62.3 Å². The van der Waals surface area contributed by atoms with E-state index in [4.69, 9.17) is 4.99 Å². The number of benzene rings is 1. The fourth-order valence-corrected chi connectivity index (χ4v) is 4.08. The second kappa shape index (κ2) is 12.1. The Morgan fingerprint density at radius 3 is 2.71 bits per heavy atom. The molecule has 31 heavy (non-hydrogen) atoms. The molecule has 2 N–H and O–H groups in total. The van der Waals surface area contributed by atoms with Gasteiger partial charge < -0.3 is 20.1 Å². The molecule has 0 radical (unpaired) electrons. The van der Waals surface area contributed by atoms with Crippen molar-refractivity contribution < 1.29 is 4.79 Å². The maximum absolute atomic E-state index is 11.6. The number of aromatic nitrogens is 2. The molecule has 2 aromatic rings. The molecule has 0 bridgehead atoms. The summed E-state index contributed by atoms with van der Waals surface area (Å²) in [6, 6.07) is 10.6.